The van der Waals surface area contributed by atoms with Crippen molar-refractivity contribution in [1.29, 1.82) is 0 Å². The number of nitrogens with one attached hydrogen (secondary N) is 5. The first-order chi connectivity index (χ1) is 22.3. The molecule has 0 aliphatic rings. The number of hydrogen-bond acceptors (Lipinski definition) is 10. The standard InChI is InChI=1S/C27H50N12O9/c1-13(2)10-17(39-21(43)14(3)28)24(46)38-16(7-5-9-34-27(31)32)23(45)37-15(6-4-8-33-26(29)30)22(44)35-12-19(40)36-18(25(47)48)11-20(41)42/h13-18H,4-12,28H2,1-3H3,(H,35,44)(H,36,40)(H,37,45)(H,38,46)(H,39,43)(H,41,42)(H,47,48)(H4,29,30,33)(H4,31,32,34)/t14-,15-,16-,17-,18-/m0/s1. The third kappa shape index (κ3) is 19.3. The van der Waals surface area contributed by atoms with Crippen LogP contribution < -0.4 is 55.3 Å². The van der Waals surface area contributed by atoms with Gasteiger partial charge in [0.1, 0.15) is 24.2 Å². The van der Waals surface area contributed by atoms with Crippen molar-refractivity contribution in [2.24, 2.45) is 44.6 Å². The number of aliphatic imine (C=N–C) groups is 2. The second kappa shape index (κ2) is 22.3. The van der Waals surface area contributed by atoms with Crippen LogP contribution in [0.5, 0.6) is 0 Å². The average Bonchev–Trinajstić information content (AvgIpc) is 2.97. The van der Waals surface area contributed by atoms with Gasteiger partial charge in [-0.05, 0) is 44.9 Å². The van der Waals surface area contributed by atoms with Gasteiger partial charge in [-0.3, -0.25) is 38.8 Å². The monoisotopic (exact) mass is 686 g/mol. The van der Waals surface area contributed by atoms with Crippen LogP contribution in [0.15, 0.2) is 9.98 Å². The fraction of sp³-hybridized carbons (Fsp3) is 0.667. The van der Waals surface area contributed by atoms with Crippen LogP contribution in [0.2, 0.25) is 0 Å². The third-order valence-corrected chi connectivity index (χ3v) is 6.35. The molecule has 0 unspecified atom stereocenters. The highest BCUT2D eigenvalue weighted by Crippen LogP contribution is 2.08. The predicted molar refractivity (Wildman–Crippen MR) is 174 cm³/mol. The normalized spacial score (nSPS) is 13.8. The van der Waals surface area contributed by atoms with Gasteiger partial charge in [0.2, 0.25) is 29.5 Å². The molecule has 0 radical (unpaired) electrons. The van der Waals surface area contributed by atoms with Crippen molar-refractivity contribution in [3.63, 3.8) is 0 Å². The first-order valence-electron chi connectivity index (χ1n) is 15.1. The Balaban J connectivity index is 6.01. The number of carbonyl (C=O) groups is 7. The zero-order valence-corrected chi connectivity index (χ0v) is 27.4. The second-order valence-corrected chi connectivity index (χ2v) is 11.3. The van der Waals surface area contributed by atoms with Gasteiger partial charge in [-0.1, -0.05) is 13.8 Å². The molecule has 48 heavy (non-hydrogen) atoms. The van der Waals surface area contributed by atoms with Gasteiger partial charge in [0.05, 0.1) is 19.0 Å². The maximum Gasteiger partial charge on any atom is 0.326 e. The molecule has 0 rings (SSSR count). The lowest BCUT2D eigenvalue weighted by atomic mass is 10.0. The molecule has 0 saturated heterocycles. The molecule has 5 atom stereocenters. The molecule has 17 N–H and O–H groups in total. The Morgan fingerprint density at radius 3 is 1.52 bits per heavy atom. The molecule has 0 fully saturated rings. The SMILES string of the molecule is CC(C)C[C@H](NC(=O)[C@H](C)N)C(=O)N[C@@H](CCCN=C(N)N)C(=O)N[C@@H](CCCN=C(N)N)C(=O)NCC(=O)N[C@@H](CC(=O)O)C(=O)O. The number of aliphatic carboxylic acids is 2. The Kier molecular flexibility index (Phi) is 19.9. The highest BCUT2D eigenvalue weighted by molar-refractivity contribution is 5.95. The molecule has 0 aromatic carbocycles. The van der Waals surface area contributed by atoms with E-state index in [0.29, 0.717) is 0 Å². The number of nitrogens with two attached hydrogens (primary N) is 5. The van der Waals surface area contributed by atoms with Crippen LogP contribution in [0.1, 0.15) is 59.3 Å². The molecule has 21 heteroatoms. The van der Waals surface area contributed by atoms with E-state index in [4.69, 9.17) is 38.9 Å². The Morgan fingerprint density at radius 1 is 0.646 bits per heavy atom. The molecule has 21 nitrogen and oxygen atoms in total. The Morgan fingerprint density at radius 2 is 1.10 bits per heavy atom. The van der Waals surface area contributed by atoms with Gasteiger partial charge in [-0.2, -0.15) is 0 Å². The van der Waals surface area contributed by atoms with Gasteiger partial charge in [0, 0.05) is 13.1 Å². The molecule has 0 aliphatic carbocycles. The molecule has 0 saturated carbocycles. The lowest BCUT2D eigenvalue weighted by Crippen LogP contribution is -2.58. The Labute approximate surface area is 277 Å². The number of rotatable bonds is 23. The van der Waals surface area contributed by atoms with Crippen molar-refractivity contribution in [1.82, 2.24) is 26.6 Å². The quantitative estimate of drug-likeness (QED) is 0.0272. The van der Waals surface area contributed by atoms with Crippen LogP contribution in [0, 0.1) is 5.92 Å². The van der Waals surface area contributed by atoms with Crippen LogP contribution in [0.25, 0.3) is 0 Å². The second-order valence-electron chi connectivity index (χ2n) is 11.3. The van der Waals surface area contributed by atoms with Crippen LogP contribution in [-0.2, 0) is 33.6 Å². The van der Waals surface area contributed by atoms with E-state index in [1.807, 2.05) is 19.2 Å². The number of carboxylic acids is 2. The summed E-state index contributed by atoms with van der Waals surface area (Å²) >= 11 is 0. The summed E-state index contributed by atoms with van der Waals surface area (Å²) in [6.45, 7) is 4.54. The maximum absolute atomic E-state index is 13.5. The molecule has 0 spiro atoms. The lowest BCUT2D eigenvalue weighted by Gasteiger charge is -2.26. The average molecular weight is 687 g/mol. The number of nitrogens with zero attached hydrogens (tertiary/aromatic N) is 2. The number of carboxylic acid groups (broad SMARTS) is 2. The fourth-order valence-electron chi connectivity index (χ4n) is 4.01. The van der Waals surface area contributed by atoms with Crippen molar-refractivity contribution in [3.05, 3.63) is 0 Å². The first kappa shape index (κ1) is 42.8. The largest absolute Gasteiger partial charge is 0.481 e. The van der Waals surface area contributed by atoms with E-state index in [-0.39, 0.29) is 63.0 Å². The molecule has 0 heterocycles. The summed E-state index contributed by atoms with van der Waals surface area (Å²) in [6.07, 6.45) is -0.304. The van der Waals surface area contributed by atoms with E-state index in [2.05, 4.69) is 31.3 Å². The van der Waals surface area contributed by atoms with Crippen LogP contribution in [-0.4, -0.2) is 113 Å². The van der Waals surface area contributed by atoms with Gasteiger partial charge in [-0.15, -0.1) is 0 Å². The third-order valence-electron chi connectivity index (χ3n) is 6.35. The number of carbonyl (C=O) groups excluding carboxylic acids is 5. The smallest absolute Gasteiger partial charge is 0.326 e. The minimum atomic E-state index is -1.75. The van der Waals surface area contributed by atoms with Crippen molar-refractivity contribution in [2.75, 3.05) is 19.6 Å². The predicted octanol–water partition coefficient (Wildman–Crippen LogP) is -4.90. The van der Waals surface area contributed by atoms with Crippen LogP contribution in [0.4, 0.5) is 0 Å². The zero-order valence-electron chi connectivity index (χ0n) is 27.4. The summed E-state index contributed by atoms with van der Waals surface area (Å²) < 4.78 is 0. The van der Waals surface area contributed by atoms with E-state index < -0.39 is 84.6 Å². The van der Waals surface area contributed by atoms with Crippen LogP contribution >= 0.6 is 0 Å². The minimum absolute atomic E-state index is 0.00882. The number of amides is 5. The topological polar surface area (TPSA) is 375 Å². The molecule has 0 aliphatic heterocycles. The van der Waals surface area contributed by atoms with Gasteiger partial charge >= 0.3 is 11.9 Å². The fourth-order valence-corrected chi connectivity index (χ4v) is 4.01. The summed E-state index contributed by atoms with van der Waals surface area (Å²) in [7, 11) is 0. The lowest BCUT2D eigenvalue weighted by molar-refractivity contribution is -0.147. The highest BCUT2D eigenvalue weighted by atomic mass is 16.4. The van der Waals surface area contributed by atoms with E-state index in [9.17, 15) is 33.6 Å². The molecule has 0 aromatic heterocycles. The van der Waals surface area contributed by atoms with E-state index >= 15 is 0 Å². The van der Waals surface area contributed by atoms with Gasteiger partial charge in [0.25, 0.3) is 0 Å². The van der Waals surface area contributed by atoms with Gasteiger partial charge < -0.3 is 65.5 Å². The zero-order chi connectivity index (χ0) is 37.0. The maximum atomic E-state index is 13.5. The van der Waals surface area contributed by atoms with Crippen LogP contribution in [0.3, 0.4) is 0 Å². The van der Waals surface area contributed by atoms with Crippen molar-refractivity contribution < 1.29 is 43.8 Å². The highest BCUT2D eigenvalue weighted by Gasteiger charge is 2.31. The van der Waals surface area contributed by atoms with Crippen molar-refractivity contribution >= 4 is 53.4 Å². The molecule has 0 bridgehead atoms. The van der Waals surface area contributed by atoms with Crippen molar-refractivity contribution in [2.45, 2.75) is 89.5 Å². The molecule has 0 aromatic rings. The molecular weight excluding hydrogens is 636 g/mol. The summed E-state index contributed by atoms with van der Waals surface area (Å²) in [5.41, 5.74) is 27.1. The molecule has 5 amide bonds. The minimum Gasteiger partial charge on any atom is -0.481 e. The number of guanidine groups is 2. The Bertz CT molecular complexity index is 1180. The molecule has 272 valence electrons. The van der Waals surface area contributed by atoms with E-state index in [1.54, 1.807) is 0 Å². The first-order valence-corrected chi connectivity index (χ1v) is 15.1. The van der Waals surface area contributed by atoms with E-state index in [1.165, 1.54) is 6.92 Å². The summed E-state index contributed by atoms with van der Waals surface area (Å²) in [6, 6.07) is -6.22. The van der Waals surface area contributed by atoms with Crippen molar-refractivity contribution in [3.8, 4) is 0 Å². The molecular formula is C27H50N12O9. The van der Waals surface area contributed by atoms with Gasteiger partial charge in [-0.25, -0.2) is 4.79 Å². The summed E-state index contributed by atoms with van der Waals surface area (Å²) in [5.74, 6) is -7.41. The summed E-state index contributed by atoms with van der Waals surface area (Å²) in [4.78, 5) is 94.4. The Hall–Kier alpha value is -5.21. The summed E-state index contributed by atoms with van der Waals surface area (Å²) in [5, 5.41) is 30.0. The number of hydrogen-bond donors (Lipinski definition) is 12. The van der Waals surface area contributed by atoms with E-state index in [0.717, 1.165) is 0 Å². The van der Waals surface area contributed by atoms with Gasteiger partial charge in [0.15, 0.2) is 11.9 Å².